The maximum absolute atomic E-state index is 13.7. The molecular formula is C24H28FN5O. The number of carbonyl (C=O) groups excluding carboxylic acids is 1. The maximum Gasteiger partial charge on any atom is 0.291 e. The molecule has 1 aliphatic rings. The summed E-state index contributed by atoms with van der Waals surface area (Å²) in [5, 5.41) is 7.46. The van der Waals surface area contributed by atoms with Crippen LogP contribution in [0.15, 0.2) is 48.5 Å². The van der Waals surface area contributed by atoms with Gasteiger partial charge in [0.2, 0.25) is 5.82 Å². The number of rotatable bonds is 6. The molecule has 0 bridgehead atoms. The zero-order chi connectivity index (χ0) is 22.2. The Bertz CT molecular complexity index is 1080. The number of hydrogen-bond acceptors (Lipinski definition) is 4. The maximum atomic E-state index is 13.7. The Labute approximate surface area is 182 Å². The number of likely N-dealkylation sites (N-methyl/N-ethyl adjacent to an activating group) is 1. The first-order chi connectivity index (χ1) is 14.8. The number of benzene rings is 2. The molecule has 4 rings (SSSR count). The van der Waals surface area contributed by atoms with Gasteiger partial charge in [0.25, 0.3) is 5.91 Å². The Balaban J connectivity index is 1.56. The molecule has 7 heteroatoms. The Hall–Kier alpha value is -3.06. The molecule has 31 heavy (non-hydrogen) atoms. The lowest BCUT2D eigenvalue weighted by molar-refractivity contribution is 0.0892. The van der Waals surface area contributed by atoms with E-state index in [4.69, 9.17) is 0 Å². The van der Waals surface area contributed by atoms with Gasteiger partial charge in [-0.05, 0) is 56.3 Å². The predicted octanol–water partition coefficient (Wildman–Crippen LogP) is 3.36. The summed E-state index contributed by atoms with van der Waals surface area (Å²) in [6.45, 7) is 4.43. The lowest BCUT2D eigenvalue weighted by atomic mass is 9.94. The standard InChI is InChI=1S/C24H28FN5O/c1-16(2)22-27-21(28-30(22)20-11-7-10-19(25)12-20)23(31)26-15-24(29(3)4)13-17-8-5-6-9-18(17)14-24/h5-12,16H,13-15H2,1-4H3,(H,26,31). The van der Waals surface area contributed by atoms with Crippen molar-refractivity contribution in [3.63, 3.8) is 0 Å². The van der Waals surface area contributed by atoms with Crippen LogP contribution in [0.3, 0.4) is 0 Å². The molecule has 0 unspecified atom stereocenters. The molecule has 0 atom stereocenters. The Morgan fingerprint density at radius 1 is 1.16 bits per heavy atom. The quantitative estimate of drug-likeness (QED) is 0.663. The van der Waals surface area contributed by atoms with Gasteiger partial charge in [-0.3, -0.25) is 4.79 Å². The molecule has 0 saturated carbocycles. The van der Waals surface area contributed by atoms with E-state index in [0.29, 0.717) is 18.1 Å². The highest BCUT2D eigenvalue weighted by Gasteiger charge is 2.39. The van der Waals surface area contributed by atoms with Crippen molar-refractivity contribution in [2.75, 3.05) is 20.6 Å². The Kier molecular flexibility index (Phi) is 5.62. The van der Waals surface area contributed by atoms with Gasteiger partial charge in [0.1, 0.15) is 11.6 Å². The van der Waals surface area contributed by atoms with Gasteiger partial charge in [0.15, 0.2) is 0 Å². The molecule has 0 aliphatic heterocycles. The fourth-order valence-electron chi connectivity index (χ4n) is 4.19. The summed E-state index contributed by atoms with van der Waals surface area (Å²) >= 11 is 0. The molecule has 1 aromatic heterocycles. The van der Waals surface area contributed by atoms with Gasteiger partial charge in [-0.25, -0.2) is 14.1 Å². The van der Waals surface area contributed by atoms with E-state index in [2.05, 4.69) is 44.6 Å². The molecule has 3 aromatic rings. The fraction of sp³-hybridized carbons (Fsp3) is 0.375. The third-order valence-corrected chi connectivity index (χ3v) is 6.09. The molecule has 0 fully saturated rings. The average molecular weight is 422 g/mol. The van der Waals surface area contributed by atoms with Crippen LogP contribution in [-0.2, 0) is 12.8 Å². The minimum atomic E-state index is -0.359. The van der Waals surface area contributed by atoms with E-state index in [1.54, 1.807) is 16.8 Å². The van der Waals surface area contributed by atoms with E-state index in [-0.39, 0.29) is 29.0 Å². The molecule has 2 aromatic carbocycles. The van der Waals surface area contributed by atoms with Gasteiger partial charge in [-0.1, -0.05) is 44.2 Å². The largest absolute Gasteiger partial charge is 0.347 e. The summed E-state index contributed by atoms with van der Waals surface area (Å²) in [6.07, 6.45) is 1.75. The first-order valence-corrected chi connectivity index (χ1v) is 10.5. The van der Waals surface area contributed by atoms with Crippen LogP contribution in [-0.4, -0.2) is 51.8 Å². The second kappa shape index (κ2) is 8.23. The van der Waals surface area contributed by atoms with Gasteiger partial charge in [0, 0.05) is 18.0 Å². The smallest absolute Gasteiger partial charge is 0.291 e. The second-order valence-electron chi connectivity index (χ2n) is 8.76. The highest BCUT2D eigenvalue weighted by molar-refractivity contribution is 5.90. The van der Waals surface area contributed by atoms with Crippen LogP contribution in [0.5, 0.6) is 0 Å². The van der Waals surface area contributed by atoms with E-state index in [1.807, 2.05) is 27.9 Å². The number of aromatic nitrogens is 3. The molecule has 1 amide bonds. The summed E-state index contributed by atoms with van der Waals surface area (Å²) in [7, 11) is 4.09. The molecule has 0 radical (unpaired) electrons. The van der Waals surface area contributed by atoms with Crippen molar-refractivity contribution in [2.45, 2.75) is 38.1 Å². The number of carbonyl (C=O) groups is 1. The van der Waals surface area contributed by atoms with Crippen LogP contribution in [0, 0.1) is 5.82 Å². The van der Waals surface area contributed by atoms with Crippen LogP contribution < -0.4 is 5.32 Å². The highest BCUT2D eigenvalue weighted by atomic mass is 19.1. The van der Waals surface area contributed by atoms with Crippen molar-refractivity contribution in [3.8, 4) is 5.69 Å². The monoisotopic (exact) mass is 421 g/mol. The van der Waals surface area contributed by atoms with Crippen molar-refractivity contribution in [3.05, 3.63) is 77.1 Å². The number of halogens is 1. The Morgan fingerprint density at radius 2 is 1.84 bits per heavy atom. The lowest BCUT2D eigenvalue weighted by Crippen LogP contribution is -2.53. The molecular weight excluding hydrogens is 393 g/mol. The number of fused-ring (bicyclic) bond motifs is 1. The van der Waals surface area contributed by atoms with Gasteiger partial charge in [0.05, 0.1) is 5.69 Å². The van der Waals surface area contributed by atoms with E-state index in [0.717, 1.165) is 12.8 Å². The first kappa shape index (κ1) is 21.2. The number of nitrogens with zero attached hydrogens (tertiary/aromatic N) is 4. The van der Waals surface area contributed by atoms with Crippen LogP contribution in [0.4, 0.5) is 4.39 Å². The SMILES string of the molecule is CC(C)c1nc(C(=O)NCC2(N(C)C)Cc3ccccc3C2)nn1-c1cccc(F)c1. The minimum Gasteiger partial charge on any atom is -0.347 e. The van der Waals surface area contributed by atoms with E-state index in [9.17, 15) is 9.18 Å². The topological polar surface area (TPSA) is 63.1 Å². The summed E-state index contributed by atoms with van der Waals surface area (Å²) < 4.78 is 15.3. The zero-order valence-electron chi connectivity index (χ0n) is 18.4. The molecule has 1 aliphatic carbocycles. The Morgan fingerprint density at radius 3 is 2.42 bits per heavy atom. The van der Waals surface area contributed by atoms with Crippen molar-refractivity contribution in [1.29, 1.82) is 0 Å². The fourth-order valence-corrected chi connectivity index (χ4v) is 4.19. The second-order valence-corrected chi connectivity index (χ2v) is 8.76. The van der Waals surface area contributed by atoms with E-state index in [1.165, 1.54) is 23.3 Å². The highest BCUT2D eigenvalue weighted by Crippen LogP contribution is 2.33. The lowest BCUT2D eigenvalue weighted by Gasteiger charge is -2.36. The molecule has 162 valence electrons. The van der Waals surface area contributed by atoms with Gasteiger partial charge < -0.3 is 10.2 Å². The van der Waals surface area contributed by atoms with Crippen molar-refractivity contribution in [2.24, 2.45) is 0 Å². The van der Waals surface area contributed by atoms with Crippen LogP contribution in [0.2, 0.25) is 0 Å². The predicted molar refractivity (Wildman–Crippen MR) is 118 cm³/mol. The van der Waals surface area contributed by atoms with Gasteiger partial charge >= 0.3 is 0 Å². The van der Waals surface area contributed by atoms with E-state index >= 15 is 0 Å². The van der Waals surface area contributed by atoms with Crippen molar-refractivity contribution >= 4 is 5.91 Å². The van der Waals surface area contributed by atoms with Crippen LogP contribution >= 0.6 is 0 Å². The molecule has 6 nitrogen and oxygen atoms in total. The van der Waals surface area contributed by atoms with Crippen LogP contribution in [0.1, 0.15) is 47.3 Å². The summed E-state index contributed by atoms with van der Waals surface area (Å²) in [5.74, 6) is 0.0511. The third-order valence-electron chi connectivity index (χ3n) is 6.09. The normalized spacial score (nSPS) is 14.8. The number of hydrogen-bond donors (Lipinski definition) is 1. The van der Waals surface area contributed by atoms with E-state index < -0.39 is 0 Å². The summed E-state index contributed by atoms with van der Waals surface area (Å²) in [6, 6.07) is 14.6. The third kappa shape index (κ3) is 4.10. The molecule has 0 spiro atoms. The summed E-state index contributed by atoms with van der Waals surface area (Å²) in [5.41, 5.74) is 3.00. The molecule has 0 saturated heterocycles. The number of nitrogens with one attached hydrogen (secondary N) is 1. The van der Waals surface area contributed by atoms with Gasteiger partial charge in [-0.15, -0.1) is 5.10 Å². The van der Waals surface area contributed by atoms with Crippen molar-refractivity contribution < 1.29 is 9.18 Å². The average Bonchev–Trinajstić information content (AvgIpc) is 3.35. The summed E-state index contributed by atoms with van der Waals surface area (Å²) in [4.78, 5) is 19.6. The number of amides is 1. The van der Waals surface area contributed by atoms with Crippen molar-refractivity contribution in [1.82, 2.24) is 25.0 Å². The minimum absolute atomic E-state index is 0.0229. The van der Waals surface area contributed by atoms with Gasteiger partial charge in [-0.2, -0.15) is 0 Å². The van der Waals surface area contributed by atoms with Crippen LogP contribution in [0.25, 0.3) is 5.69 Å². The first-order valence-electron chi connectivity index (χ1n) is 10.5. The molecule has 1 heterocycles. The zero-order valence-corrected chi connectivity index (χ0v) is 18.4. The molecule has 1 N–H and O–H groups in total.